The van der Waals surface area contributed by atoms with E-state index < -0.39 is 0 Å². The van der Waals surface area contributed by atoms with Crippen molar-refractivity contribution in [3.63, 3.8) is 0 Å². The summed E-state index contributed by atoms with van der Waals surface area (Å²) in [4.78, 5) is 18.8. The van der Waals surface area contributed by atoms with Crippen molar-refractivity contribution in [1.29, 1.82) is 0 Å². The number of piperidine rings is 1. The molecule has 1 aromatic heterocycles. The van der Waals surface area contributed by atoms with Crippen LogP contribution >= 0.6 is 23.2 Å². The molecule has 0 spiro atoms. The van der Waals surface area contributed by atoms with E-state index in [1.807, 2.05) is 24.3 Å². The number of hydrogen-bond donors (Lipinski definition) is 1. The summed E-state index contributed by atoms with van der Waals surface area (Å²) in [7, 11) is 0. The van der Waals surface area contributed by atoms with Crippen molar-refractivity contribution in [2.24, 2.45) is 5.92 Å². The van der Waals surface area contributed by atoms with E-state index in [1.165, 1.54) is 0 Å². The highest BCUT2D eigenvalue weighted by Gasteiger charge is 2.26. The summed E-state index contributed by atoms with van der Waals surface area (Å²) in [6, 6.07) is 9.41. The third kappa shape index (κ3) is 5.18. The quantitative estimate of drug-likeness (QED) is 0.858. The molecule has 0 radical (unpaired) electrons. The maximum atomic E-state index is 12.5. The molecule has 1 N–H and O–H groups in total. The minimum atomic E-state index is 0.0106. The summed E-state index contributed by atoms with van der Waals surface area (Å²) in [5.41, 5.74) is 2.05. The first-order valence-electron chi connectivity index (χ1n) is 8.45. The summed E-state index contributed by atoms with van der Waals surface area (Å²) in [6.45, 7) is 2.98. The second-order valence-electron chi connectivity index (χ2n) is 6.39. The molecule has 1 fully saturated rings. The molecule has 2 aromatic rings. The molecule has 25 heavy (non-hydrogen) atoms. The molecule has 0 bridgehead atoms. The first-order chi connectivity index (χ1) is 12.1. The van der Waals surface area contributed by atoms with Gasteiger partial charge in [-0.15, -0.1) is 0 Å². The van der Waals surface area contributed by atoms with Crippen molar-refractivity contribution in [1.82, 2.24) is 15.2 Å². The number of carbonyl (C=O) groups is 1. The lowest BCUT2D eigenvalue weighted by atomic mass is 9.96. The summed E-state index contributed by atoms with van der Waals surface area (Å²) in [6.07, 6.45) is 5.43. The van der Waals surface area contributed by atoms with Gasteiger partial charge in [0.15, 0.2) is 0 Å². The van der Waals surface area contributed by atoms with E-state index >= 15 is 0 Å². The Morgan fingerprint density at radius 1 is 1.32 bits per heavy atom. The van der Waals surface area contributed by atoms with Crippen LogP contribution in [0.1, 0.15) is 24.0 Å². The van der Waals surface area contributed by atoms with Crippen LogP contribution in [0.2, 0.25) is 10.0 Å². The zero-order valence-electron chi connectivity index (χ0n) is 13.9. The summed E-state index contributed by atoms with van der Waals surface area (Å²) in [5, 5.41) is 4.34. The van der Waals surface area contributed by atoms with Gasteiger partial charge in [0, 0.05) is 42.1 Å². The zero-order chi connectivity index (χ0) is 17.6. The minimum Gasteiger partial charge on any atom is -0.352 e. The fourth-order valence-electron chi connectivity index (χ4n) is 3.14. The standard InChI is InChI=1S/C19H21Cl2N3O/c20-17-6-5-15(18(21)9-17)12-24-8-2-4-16(13-24)19(25)23-11-14-3-1-7-22-10-14/h1,3,5-7,9-10,16H,2,4,8,11-13H2,(H,23,25)/t16-/m1/s1. The number of benzene rings is 1. The van der Waals surface area contributed by atoms with Gasteiger partial charge in [0.25, 0.3) is 0 Å². The normalized spacial score (nSPS) is 18.1. The van der Waals surface area contributed by atoms with Crippen LogP contribution in [0.4, 0.5) is 0 Å². The molecule has 1 aliphatic heterocycles. The number of aromatic nitrogens is 1. The van der Waals surface area contributed by atoms with E-state index in [9.17, 15) is 4.79 Å². The van der Waals surface area contributed by atoms with Crippen molar-refractivity contribution in [2.45, 2.75) is 25.9 Å². The first kappa shape index (κ1) is 18.2. The van der Waals surface area contributed by atoms with E-state index in [1.54, 1.807) is 18.5 Å². The molecule has 1 aliphatic rings. The van der Waals surface area contributed by atoms with Crippen molar-refractivity contribution in [3.05, 3.63) is 63.9 Å². The van der Waals surface area contributed by atoms with Crippen LogP contribution in [-0.4, -0.2) is 28.9 Å². The number of pyridine rings is 1. The predicted molar refractivity (Wildman–Crippen MR) is 101 cm³/mol. The van der Waals surface area contributed by atoms with E-state index in [0.29, 0.717) is 16.6 Å². The first-order valence-corrected chi connectivity index (χ1v) is 9.20. The zero-order valence-corrected chi connectivity index (χ0v) is 15.4. The average molecular weight is 378 g/mol. The van der Waals surface area contributed by atoms with E-state index in [4.69, 9.17) is 23.2 Å². The number of nitrogens with one attached hydrogen (secondary N) is 1. The van der Waals surface area contributed by atoms with Crippen LogP contribution < -0.4 is 5.32 Å². The second-order valence-corrected chi connectivity index (χ2v) is 7.23. The molecule has 0 saturated carbocycles. The average Bonchev–Trinajstić information content (AvgIpc) is 2.63. The number of carbonyl (C=O) groups excluding carboxylic acids is 1. The monoisotopic (exact) mass is 377 g/mol. The molecule has 4 nitrogen and oxygen atoms in total. The number of rotatable bonds is 5. The maximum Gasteiger partial charge on any atom is 0.224 e. The number of hydrogen-bond acceptors (Lipinski definition) is 3. The van der Waals surface area contributed by atoms with Gasteiger partial charge in [0.2, 0.25) is 5.91 Å². The van der Waals surface area contributed by atoms with Gasteiger partial charge in [-0.2, -0.15) is 0 Å². The molecule has 2 heterocycles. The second kappa shape index (κ2) is 8.65. The molecule has 0 unspecified atom stereocenters. The SMILES string of the molecule is O=C(NCc1cccnc1)[C@@H]1CCCN(Cc2ccc(Cl)cc2Cl)C1. The Morgan fingerprint density at radius 2 is 2.20 bits per heavy atom. The lowest BCUT2D eigenvalue weighted by molar-refractivity contribution is -0.126. The highest BCUT2D eigenvalue weighted by molar-refractivity contribution is 6.35. The maximum absolute atomic E-state index is 12.5. The highest BCUT2D eigenvalue weighted by atomic mass is 35.5. The third-order valence-electron chi connectivity index (χ3n) is 4.47. The van der Waals surface area contributed by atoms with Crippen molar-refractivity contribution >= 4 is 29.1 Å². The lowest BCUT2D eigenvalue weighted by Crippen LogP contribution is -2.42. The van der Waals surface area contributed by atoms with Gasteiger partial charge < -0.3 is 5.32 Å². The molecule has 6 heteroatoms. The number of likely N-dealkylation sites (tertiary alicyclic amines) is 1. The van der Waals surface area contributed by atoms with Crippen LogP contribution in [-0.2, 0) is 17.9 Å². The smallest absolute Gasteiger partial charge is 0.224 e. The summed E-state index contributed by atoms with van der Waals surface area (Å²) >= 11 is 12.2. The van der Waals surface area contributed by atoms with E-state index in [0.717, 1.165) is 43.6 Å². The Balaban J connectivity index is 1.54. The van der Waals surface area contributed by atoms with Gasteiger partial charge in [0.05, 0.1) is 5.92 Å². The Bertz CT molecular complexity index is 724. The van der Waals surface area contributed by atoms with Gasteiger partial charge in [-0.25, -0.2) is 0 Å². The minimum absolute atomic E-state index is 0.0106. The largest absolute Gasteiger partial charge is 0.352 e. The Morgan fingerprint density at radius 3 is 2.96 bits per heavy atom. The molecule has 1 atom stereocenters. The molecule has 1 aromatic carbocycles. The molecular formula is C19H21Cl2N3O. The fourth-order valence-corrected chi connectivity index (χ4v) is 3.61. The van der Waals surface area contributed by atoms with Crippen LogP contribution in [0, 0.1) is 5.92 Å². The molecular weight excluding hydrogens is 357 g/mol. The molecule has 0 aliphatic carbocycles. The summed E-state index contributed by atoms with van der Waals surface area (Å²) < 4.78 is 0. The highest BCUT2D eigenvalue weighted by Crippen LogP contribution is 2.25. The van der Waals surface area contributed by atoms with Gasteiger partial charge in [0.1, 0.15) is 0 Å². The van der Waals surface area contributed by atoms with Crippen LogP contribution in [0.25, 0.3) is 0 Å². The number of nitrogens with zero attached hydrogens (tertiary/aromatic N) is 2. The number of halogens is 2. The molecule has 3 rings (SSSR count). The van der Waals surface area contributed by atoms with Gasteiger partial charge in [-0.05, 0) is 48.7 Å². The van der Waals surface area contributed by atoms with Crippen molar-refractivity contribution in [2.75, 3.05) is 13.1 Å². The van der Waals surface area contributed by atoms with Gasteiger partial charge in [-0.1, -0.05) is 35.3 Å². The Labute approximate surface area is 158 Å². The van der Waals surface area contributed by atoms with E-state index in [2.05, 4.69) is 15.2 Å². The van der Waals surface area contributed by atoms with Gasteiger partial charge >= 0.3 is 0 Å². The Hall–Kier alpha value is -1.62. The predicted octanol–water partition coefficient (Wildman–Crippen LogP) is 3.92. The lowest BCUT2D eigenvalue weighted by Gasteiger charge is -2.32. The van der Waals surface area contributed by atoms with Crippen LogP contribution in [0.5, 0.6) is 0 Å². The molecule has 1 amide bonds. The topological polar surface area (TPSA) is 45.2 Å². The van der Waals surface area contributed by atoms with Crippen molar-refractivity contribution in [3.8, 4) is 0 Å². The molecule has 132 valence electrons. The van der Waals surface area contributed by atoms with E-state index in [-0.39, 0.29) is 11.8 Å². The third-order valence-corrected chi connectivity index (χ3v) is 5.06. The fraction of sp³-hybridized carbons (Fsp3) is 0.368. The van der Waals surface area contributed by atoms with Crippen LogP contribution in [0.3, 0.4) is 0 Å². The Kier molecular flexibility index (Phi) is 6.29. The summed E-state index contributed by atoms with van der Waals surface area (Å²) in [5.74, 6) is 0.118. The van der Waals surface area contributed by atoms with Crippen LogP contribution in [0.15, 0.2) is 42.7 Å². The number of amides is 1. The van der Waals surface area contributed by atoms with Gasteiger partial charge in [-0.3, -0.25) is 14.7 Å². The molecule has 1 saturated heterocycles. The van der Waals surface area contributed by atoms with Crippen molar-refractivity contribution < 1.29 is 4.79 Å².